The van der Waals surface area contributed by atoms with Crippen molar-refractivity contribution >= 4 is 11.0 Å². The maximum atomic E-state index is 11.8. The largest absolute Gasteiger partial charge is 0.499 e. The summed E-state index contributed by atoms with van der Waals surface area (Å²) < 4.78 is 16.5. The third-order valence-electron chi connectivity index (χ3n) is 3.94. The fourth-order valence-corrected chi connectivity index (χ4v) is 2.56. The zero-order chi connectivity index (χ0) is 20.0. The molecule has 0 fully saturated rings. The number of fused-ring (bicyclic) bond motifs is 1. The summed E-state index contributed by atoms with van der Waals surface area (Å²) in [5, 5.41) is 10.5. The van der Waals surface area contributed by atoms with E-state index in [0.717, 1.165) is 12.8 Å². The topological polar surface area (TPSA) is 68.9 Å². The summed E-state index contributed by atoms with van der Waals surface area (Å²) in [7, 11) is 0. The van der Waals surface area contributed by atoms with Gasteiger partial charge in [-0.3, -0.25) is 0 Å². The van der Waals surface area contributed by atoms with Crippen LogP contribution in [0.2, 0.25) is 0 Å². The van der Waals surface area contributed by atoms with E-state index in [-0.39, 0.29) is 11.9 Å². The van der Waals surface area contributed by atoms with Gasteiger partial charge in [0.2, 0.25) is 5.75 Å². The maximum absolute atomic E-state index is 11.8. The Morgan fingerprint density at radius 1 is 1.22 bits per heavy atom. The molecule has 1 aromatic heterocycles. The molecule has 2 rings (SSSR count). The highest BCUT2D eigenvalue weighted by molar-refractivity contribution is 5.86. The lowest BCUT2D eigenvalue weighted by Gasteiger charge is -2.13. The summed E-state index contributed by atoms with van der Waals surface area (Å²) in [4.78, 5) is 11.8. The molecule has 0 aliphatic rings. The van der Waals surface area contributed by atoms with Crippen molar-refractivity contribution < 1.29 is 19.0 Å². The van der Waals surface area contributed by atoms with Gasteiger partial charge in [0.1, 0.15) is 17.9 Å². The minimum atomic E-state index is -0.828. The van der Waals surface area contributed by atoms with E-state index in [1.165, 1.54) is 11.1 Å². The molecule has 1 heterocycles. The lowest BCUT2D eigenvalue weighted by atomic mass is 10.1. The summed E-state index contributed by atoms with van der Waals surface area (Å²) >= 11 is 0. The zero-order valence-electron chi connectivity index (χ0n) is 16.7. The molecule has 1 N–H and O–H groups in total. The van der Waals surface area contributed by atoms with E-state index in [9.17, 15) is 9.90 Å². The number of benzene rings is 1. The van der Waals surface area contributed by atoms with Gasteiger partial charge in [-0.1, -0.05) is 17.2 Å². The summed E-state index contributed by atoms with van der Waals surface area (Å²) in [6.07, 6.45) is 6.10. The maximum Gasteiger partial charge on any atom is 0.382 e. The van der Waals surface area contributed by atoms with Crippen molar-refractivity contribution in [2.24, 2.45) is 0 Å². The van der Waals surface area contributed by atoms with Crippen LogP contribution in [0, 0.1) is 0 Å². The Kier molecular flexibility index (Phi) is 7.11. The summed E-state index contributed by atoms with van der Waals surface area (Å²) in [5.41, 5.74) is 2.07. The second kappa shape index (κ2) is 9.31. The number of allylic oxidation sites excluding steroid dienone is 3. The number of hydrogen-bond acceptors (Lipinski definition) is 5. The number of rotatable bonds is 8. The van der Waals surface area contributed by atoms with E-state index in [4.69, 9.17) is 13.9 Å². The van der Waals surface area contributed by atoms with Crippen molar-refractivity contribution in [2.45, 2.75) is 53.6 Å². The van der Waals surface area contributed by atoms with Gasteiger partial charge in [-0.15, -0.1) is 0 Å². The highest BCUT2D eigenvalue weighted by Gasteiger charge is 2.16. The SMILES string of the molecule is CC(C)=CCCC(C)=CCOc1ccc2c(OC(C)C)c(O)c(=O)oc2c1. The molecule has 0 aliphatic carbocycles. The second-order valence-electron chi connectivity index (χ2n) is 7.07. The van der Waals surface area contributed by atoms with Gasteiger partial charge >= 0.3 is 5.63 Å². The average molecular weight is 372 g/mol. The summed E-state index contributed by atoms with van der Waals surface area (Å²) in [6, 6.07) is 5.12. The van der Waals surface area contributed by atoms with Gasteiger partial charge in [-0.2, -0.15) is 0 Å². The van der Waals surface area contributed by atoms with Crippen LogP contribution in [0.5, 0.6) is 17.2 Å². The number of hydrogen-bond donors (Lipinski definition) is 1. The molecule has 0 radical (unpaired) electrons. The van der Waals surface area contributed by atoms with Crippen LogP contribution in [0.25, 0.3) is 11.0 Å². The molecule has 0 saturated carbocycles. The van der Waals surface area contributed by atoms with Crippen molar-refractivity contribution in [3.05, 3.63) is 51.9 Å². The van der Waals surface area contributed by atoms with Gasteiger partial charge < -0.3 is 19.0 Å². The first-order valence-corrected chi connectivity index (χ1v) is 9.16. The second-order valence-corrected chi connectivity index (χ2v) is 7.07. The van der Waals surface area contributed by atoms with E-state index < -0.39 is 11.4 Å². The Morgan fingerprint density at radius 2 is 1.96 bits per heavy atom. The van der Waals surface area contributed by atoms with Crippen molar-refractivity contribution in [3.63, 3.8) is 0 Å². The van der Waals surface area contributed by atoms with Crippen LogP contribution in [0.3, 0.4) is 0 Å². The lowest BCUT2D eigenvalue weighted by molar-refractivity contribution is 0.231. The smallest absolute Gasteiger partial charge is 0.382 e. The molecule has 2 aromatic rings. The molecule has 27 heavy (non-hydrogen) atoms. The fraction of sp³-hybridized carbons (Fsp3) is 0.409. The van der Waals surface area contributed by atoms with Crippen LogP contribution < -0.4 is 15.1 Å². The minimum absolute atomic E-state index is 0.137. The molecule has 0 amide bonds. The van der Waals surface area contributed by atoms with Crippen molar-refractivity contribution in [1.82, 2.24) is 0 Å². The van der Waals surface area contributed by atoms with Crippen LogP contribution in [-0.2, 0) is 0 Å². The molecule has 0 aliphatic heterocycles. The lowest BCUT2D eigenvalue weighted by Crippen LogP contribution is -2.09. The molecule has 0 atom stereocenters. The highest BCUT2D eigenvalue weighted by Crippen LogP contribution is 2.34. The zero-order valence-corrected chi connectivity index (χ0v) is 16.7. The van der Waals surface area contributed by atoms with Gasteiger partial charge in [0, 0.05) is 6.07 Å². The predicted molar refractivity (Wildman–Crippen MR) is 108 cm³/mol. The fourth-order valence-electron chi connectivity index (χ4n) is 2.56. The van der Waals surface area contributed by atoms with Gasteiger partial charge in [-0.25, -0.2) is 4.79 Å². The molecule has 0 saturated heterocycles. The number of ether oxygens (including phenoxy) is 2. The van der Waals surface area contributed by atoms with E-state index in [1.807, 2.05) is 19.9 Å². The van der Waals surface area contributed by atoms with Gasteiger partial charge in [0.25, 0.3) is 0 Å². The minimum Gasteiger partial charge on any atom is -0.499 e. The monoisotopic (exact) mass is 372 g/mol. The van der Waals surface area contributed by atoms with Crippen LogP contribution in [0.4, 0.5) is 0 Å². The van der Waals surface area contributed by atoms with Crippen LogP contribution >= 0.6 is 0 Å². The number of aromatic hydroxyl groups is 1. The third kappa shape index (κ3) is 5.91. The Balaban J connectivity index is 2.13. The van der Waals surface area contributed by atoms with Crippen LogP contribution in [-0.4, -0.2) is 17.8 Å². The van der Waals surface area contributed by atoms with Gasteiger partial charge in [0.05, 0.1) is 11.5 Å². The van der Waals surface area contributed by atoms with Crippen molar-refractivity contribution in [3.8, 4) is 17.2 Å². The molecule has 0 unspecified atom stereocenters. The van der Waals surface area contributed by atoms with E-state index >= 15 is 0 Å². The van der Waals surface area contributed by atoms with Crippen molar-refractivity contribution in [1.29, 1.82) is 0 Å². The van der Waals surface area contributed by atoms with Gasteiger partial charge in [0.15, 0.2) is 5.75 Å². The van der Waals surface area contributed by atoms with Crippen molar-refractivity contribution in [2.75, 3.05) is 6.61 Å². The molecule has 0 bridgehead atoms. The van der Waals surface area contributed by atoms with E-state index in [1.54, 1.807) is 18.2 Å². The Hall–Kier alpha value is -2.69. The Labute approximate surface area is 159 Å². The first kappa shape index (κ1) is 20.6. The first-order chi connectivity index (χ1) is 12.8. The molecule has 1 aromatic carbocycles. The summed E-state index contributed by atoms with van der Waals surface area (Å²) in [5.74, 6) is 0.206. The standard InChI is InChI=1S/C22H28O5/c1-14(2)7-6-8-16(5)11-12-25-17-9-10-18-19(13-17)27-22(24)20(23)21(18)26-15(3)4/h7,9-11,13,15,23H,6,8,12H2,1-5H3. The third-order valence-corrected chi connectivity index (χ3v) is 3.94. The van der Waals surface area contributed by atoms with Crippen LogP contribution in [0.1, 0.15) is 47.5 Å². The molecule has 5 heteroatoms. The average Bonchev–Trinajstić information content (AvgIpc) is 2.58. The van der Waals surface area contributed by atoms with Gasteiger partial charge in [-0.05, 0) is 65.7 Å². The first-order valence-electron chi connectivity index (χ1n) is 9.16. The molecule has 146 valence electrons. The van der Waals surface area contributed by atoms with E-state index in [2.05, 4.69) is 26.8 Å². The molecule has 5 nitrogen and oxygen atoms in total. The normalized spacial score (nSPS) is 11.7. The Bertz CT molecular complexity index is 899. The van der Waals surface area contributed by atoms with Crippen LogP contribution in [0.15, 0.2) is 50.7 Å². The van der Waals surface area contributed by atoms with E-state index in [0.29, 0.717) is 23.3 Å². The summed E-state index contributed by atoms with van der Waals surface area (Å²) in [6.45, 7) is 10.4. The Morgan fingerprint density at radius 3 is 2.63 bits per heavy atom. The molecular formula is C22H28O5. The molecular weight excluding hydrogens is 344 g/mol. The quantitative estimate of drug-likeness (QED) is 0.499. The predicted octanol–water partition coefficient (Wildman–Crippen LogP) is 5.36. The highest BCUT2D eigenvalue weighted by atomic mass is 16.5. The molecule has 0 spiro atoms.